The van der Waals surface area contributed by atoms with Gasteiger partial charge >= 0.3 is 5.97 Å². The van der Waals surface area contributed by atoms with E-state index < -0.39 is 35.9 Å². The lowest BCUT2D eigenvalue weighted by Gasteiger charge is -2.20. The first-order chi connectivity index (χ1) is 22.0. The van der Waals surface area contributed by atoms with Gasteiger partial charge in [-0.1, -0.05) is 62.4 Å². The Morgan fingerprint density at radius 3 is 2.02 bits per heavy atom. The van der Waals surface area contributed by atoms with Crippen LogP contribution in [-0.4, -0.2) is 55.9 Å². The first-order valence-electron chi connectivity index (χ1n) is 15.3. The second-order valence-electron chi connectivity index (χ2n) is 11.6. The monoisotopic (exact) mass is 629 g/mol. The maximum Gasteiger partial charge on any atom is 0.325 e. The lowest BCUT2D eigenvalue weighted by Crippen LogP contribution is -2.40. The third-order valence-electron chi connectivity index (χ3n) is 7.69. The van der Waals surface area contributed by atoms with Crippen LogP contribution in [0.3, 0.4) is 0 Å². The van der Waals surface area contributed by atoms with E-state index in [9.17, 15) is 29.0 Å². The van der Waals surface area contributed by atoms with Gasteiger partial charge in [-0.25, -0.2) is 4.39 Å². The number of aliphatic hydroxyl groups excluding tert-OH is 2. The minimum atomic E-state index is -1.20. The molecule has 5 N–H and O–H groups in total. The zero-order chi connectivity index (χ0) is 33.4. The number of hydrogen-bond donors (Lipinski definition) is 5. The summed E-state index contributed by atoms with van der Waals surface area (Å²) in [6.07, 6.45) is -2.54. The number of anilines is 1. The molecule has 0 radical (unpaired) electrons. The van der Waals surface area contributed by atoms with Crippen LogP contribution < -0.4 is 10.6 Å². The van der Waals surface area contributed by atoms with Crippen LogP contribution in [-0.2, 0) is 16.1 Å². The Balaban J connectivity index is 1.75. The summed E-state index contributed by atoms with van der Waals surface area (Å²) < 4.78 is 16.1. The van der Waals surface area contributed by atoms with Crippen molar-refractivity contribution in [2.24, 2.45) is 0 Å². The van der Waals surface area contributed by atoms with Crippen LogP contribution in [0.4, 0.5) is 10.1 Å². The van der Waals surface area contributed by atoms with E-state index in [1.165, 1.54) is 19.1 Å². The molecule has 1 aromatic heterocycles. The Morgan fingerprint density at radius 2 is 1.43 bits per heavy atom. The lowest BCUT2D eigenvalue weighted by molar-refractivity contribution is -0.141. The molecular weight excluding hydrogens is 589 g/mol. The molecule has 46 heavy (non-hydrogen) atoms. The number of amides is 2. The fraction of sp³-hybridized carbons (Fsp3) is 0.306. The summed E-state index contributed by atoms with van der Waals surface area (Å²) in [5.74, 6) is -2.69. The van der Waals surface area contributed by atoms with Crippen LogP contribution in [0.5, 0.6) is 0 Å². The van der Waals surface area contributed by atoms with Gasteiger partial charge in [0.15, 0.2) is 0 Å². The molecular formula is C36H40FN3O6. The van der Waals surface area contributed by atoms with Gasteiger partial charge in [0, 0.05) is 23.5 Å². The molecule has 3 aromatic carbocycles. The van der Waals surface area contributed by atoms with Crippen LogP contribution >= 0.6 is 0 Å². The number of aromatic nitrogens is 1. The fourth-order valence-electron chi connectivity index (χ4n) is 5.58. The zero-order valence-electron chi connectivity index (χ0n) is 26.1. The van der Waals surface area contributed by atoms with Crippen molar-refractivity contribution >= 4 is 23.5 Å². The van der Waals surface area contributed by atoms with Crippen molar-refractivity contribution in [3.8, 4) is 22.4 Å². The molecule has 0 aliphatic carbocycles. The largest absolute Gasteiger partial charge is 0.480 e. The average Bonchev–Trinajstić information content (AvgIpc) is 3.36. The summed E-state index contributed by atoms with van der Waals surface area (Å²) in [6.45, 7) is 5.52. The zero-order valence-corrected chi connectivity index (χ0v) is 26.1. The number of benzene rings is 3. The number of carbonyl (C=O) groups excluding carboxylic acids is 2. The topological polar surface area (TPSA) is 141 Å². The summed E-state index contributed by atoms with van der Waals surface area (Å²) in [6, 6.07) is 23.5. The van der Waals surface area contributed by atoms with Crippen molar-refractivity contribution in [2.75, 3.05) is 5.32 Å². The van der Waals surface area contributed by atoms with Gasteiger partial charge in [0.1, 0.15) is 11.9 Å². The Bertz CT molecular complexity index is 1640. The molecule has 0 spiro atoms. The smallest absolute Gasteiger partial charge is 0.325 e. The number of carboxylic acids is 1. The lowest BCUT2D eigenvalue weighted by atomic mass is 9.94. The third-order valence-corrected chi connectivity index (χ3v) is 7.69. The minimum absolute atomic E-state index is 0.119. The number of carbonyl (C=O) groups is 3. The number of nitrogens with zero attached hydrogens (tertiary/aromatic N) is 1. The van der Waals surface area contributed by atoms with Gasteiger partial charge in [-0.3, -0.25) is 14.4 Å². The van der Waals surface area contributed by atoms with Crippen LogP contribution in [0.25, 0.3) is 22.4 Å². The predicted molar refractivity (Wildman–Crippen MR) is 175 cm³/mol. The highest BCUT2D eigenvalue weighted by Crippen LogP contribution is 2.42. The standard InChI is InChI=1S/C36H40FN3O6/c1-22(2)33-32(35(44)39-27-12-8-5-9-13-27)31(24-10-6-4-7-11-24)34(25-14-16-26(37)17-15-25)40(33)19-18-28(41)20-29(42)21-30(43)38-23(3)36(45)46/h4-17,22-23,28-29,41-42H,18-21H2,1-3H3,(H,38,43)(H,39,44)(H,45,46). The second-order valence-corrected chi connectivity index (χ2v) is 11.6. The Morgan fingerprint density at radius 1 is 0.826 bits per heavy atom. The van der Waals surface area contributed by atoms with Gasteiger partial charge in [0.05, 0.1) is 29.9 Å². The van der Waals surface area contributed by atoms with Gasteiger partial charge < -0.3 is 30.5 Å². The summed E-state index contributed by atoms with van der Waals surface area (Å²) in [5, 5.41) is 35.8. The first kappa shape index (κ1) is 34.1. The van der Waals surface area contributed by atoms with E-state index in [4.69, 9.17) is 5.11 Å². The Labute approximate surface area is 267 Å². The van der Waals surface area contributed by atoms with Crippen molar-refractivity contribution in [3.05, 3.63) is 102 Å². The number of rotatable bonds is 14. The highest BCUT2D eigenvalue weighted by atomic mass is 19.1. The van der Waals surface area contributed by atoms with Crippen LogP contribution in [0.15, 0.2) is 84.9 Å². The van der Waals surface area contributed by atoms with E-state index >= 15 is 0 Å². The number of nitrogens with one attached hydrogen (secondary N) is 2. The fourth-order valence-corrected chi connectivity index (χ4v) is 5.58. The van der Waals surface area contributed by atoms with Crippen LogP contribution in [0.1, 0.15) is 62.0 Å². The molecule has 0 bridgehead atoms. The quantitative estimate of drug-likeness (QED) is 0.119. The molecule has 242 valence electrons. The highest BCUT2D eigenvalue weighted by Gasteiger charge is 2.31. The van der Waals surface area contributed by atoms with Gasteiger partial charge in [0.25, 0.3) is 5.91 Å². The van der Waals surface area contributed by atoms with Gasteiger partial charge in [0.2, 0.25) is 5.91 Å². The molecule has 9 nitrogen and oxygen atoms in total. The second kappa shape index (κ2) is 15.5. The number of aliphatic carboxylic acids is 1. The van der Waals surface area contributed by atoms with E-state index in [0.29, 0.717) is 28.1 Å². The van der Waals surface area contributed by atoms with E-state index in [1.807, 2.05) is 66.9 Å². The molecule has 0 fully saturated rings. The summed E-state index contributed by atoms with van der Waals surface area (Å²) in [4.78, 5) is 37.3. The molecule has 0 saturated heterocycles. The van der Waals surface area contributed by atoms with Gasteiger partial charge in [-0.15, -0.1) is 0 Å². The molecule has 2 amide bonds. The molecule has 0 aliphatic rings. The number of aliphatic hydroxyl groups is 2. The minimum Gasteiger partial charge on any atom is -0.480 e. The van der Waals surface area contributed by atoms with Crippen molar-refractivity contribution in [1.29, 1.82) is 0 Å². The van der Waals surface area contributed by atoms with Crippen LogP contribution in [0.2, 0.25) is 0 Å². The van der Waals surface area contributed by atoms with E-state index in [0.717, 1.165) is 11.3 Å². The average molecular weight is 630 g/mol. The molecule has 4 rings (SSSR count). The Kier molecular flexibility index (Phi) is 11.5. The Hall–Kier alpha value is -4.80. The summed E-state index contributed by atoms with van der Waals surface area (Å²) in [5.41, 5.74) is 4.64. The molecule has 4 aromatic rings. The number of carboxylic acid groups (broad SMARTS) is 1. The van der Waals surface area contributed by atoms with Crippen molar-refractivity contribution in [2.45, 2.75) is 70.7 Å². The van der Waals surface area contributed by atoms with E-state index in [1.54, 1.807) is 24.3 Å². The molecule has 3 unspecified atom stereocenters. The number of halogens is 1. The predicted octanol–water partition coefficient (Wildman–Crippen LogP) is 5.82. The first-order valence-corrected chi connectivity index (χ1v) is 15.3. The van der Waals surface area contributed by atoms with Crippen molar-refractivity contribution < 1.29 is 34.1 Å². The molecule has 0 saturated carbocycles. The maximum atomic E-state index is 14.1. The molecule has 10 heteroatoms. The van der Waals surface area contributed by atoms with Gasteiger partial charge in [-0.2, -0.15) is 0 Å². The summed E-state index contributed by atoms with van der Waals surface area (Å²) in [7, 11) is 0. The van der Waals surface area contributed by atoms with Crippen LogP contribution in [0, 0.1) is 5.82 Å². The normalized spacial score (nSPS) is 13.2. The van der Waals surface area contributed by atoms with Crippen molar-refractivity contribution in [1.82, 2.24) is 9.88 Å². The molecule has 0 aliphatic heterocycles. The molecule has 3 atom stereocenters. The summed E-state index contributed by atoms with van der Waals surface area (Å²) >= 11 is 0. The van der Waals surface area contributed by atoms with E-state index in [-0.39, 0.29) is 37.6 Å². The SMILES string of the molecule is CC(NC(=O)CC(O)CC(O)CCn1c(-c2ccc(F)cc2)c(-c2ccccc2)c(C(=O)Nc2ccccc2)c1C(C)C)C(=O)O. The third kappa shape index (κ3) is 8.47. The molecule has 1 heterocycles. The van der Waals surface area contributed by atoms with Crippen molar-refractivity contribution in [3.63, 3.8) is 0 Å². The number of para-hydroxylation sites is 1. The van der Waals surface area contributed by atoms with Gasteiger partial charge in [-0.05, 0) is 73.2 Å². The maximum absolute atomic E-state index is 14.1. The van der Waals surface area contributed by atoms with E-state index in [2.05, 4.69) is 10.6 Å². The number of hydrogen-bond acceptors (Lipinski definition) is 5. The highest BCUT2D eigenvalue weighted by molar-refractivity contribution is 6.12.